The molecule has 158 valence electrons. The van der Waals surface area contributed by atoms with Crippen molar-refractivity contribution in [2.75, 3.05) is 0 Å². The summed E-state index contributed by atoms with van der Waals surface area (Å²) in [5.41, 5.74) is 5.21. The number of rotatable bonds is 6. The Morgan fingerprint density at radius 2 is 1.81 bits per heavy atom. The Balaban J connectivity index is 1.42. The fourth-order valence-electron chi connectivity index (χ4n) is 3.01. The van der Waals surface area contributed by atoms with Crippen molar-refractivity contribution < 1.29 is 13.9 Å². The monoisotopic (exact) mass is 551 g/mol. The summed E-state index contributed by atoms with van der Waals surface area (Å²) >= 11 is 7.00. The molecule has 1 amide bonds. The molecule has 3 aromatic carbocycles. The van der Waals surface area contributed by atoms with Crippen molar-refractivity contribution >= 4 is 55.0 Å². The predicted molar refractivity (Wildman–Crippen MR) is 129 cm³/mol. The molecule has 6 nitrogen and oxygen atoms in total. The zero-order valence-electron chi connectivity index (χ0n) is 16.5. The molecule has 0 fully saturated rings. The van der Waals surface area contributed by atoms with E-state index in [9.17, 15) is 10.1 Å². The van der Waals surface area contributed by atoms with Crippen LogP contribution in [-0.4, -0.2) is 12.1 Å². The first-order chi connectivity index (χ1) is 15.5. The number of halogens is 2. The Morgan fingerprint density at radius 1 is 1.09 bits per heavy atom. The molecule has 4 rings (SSSR count). The summed E-state index contributed by atoms with van der Waals surface area (Å²) in [6, 6.07) is 22.1. The van der Waals surface area contributed by atoms with E-state index in [1.54, 1.807) is 18.2 Å². The summed E-state index contributed by atoms with van der Waals surface area (Å²) < 4.78 is 12.8. The Morgan fingerprint density at radius 3 is 2.56 bits per heavy atom. The highest BCUT2D eigenvalue weighted by Crippen LogP contribution is 2.35. The summed E-state index contributed by atoms with van der Waals surface area (Å²) in [6.45, 7) is 0.252. The Labute approximate surface area is 200 Å². The van der Waals surface area contributed by atoms with Crippen LogP contribution in [0.1, 0.15) is 27.2 Å². The minimum atomic E-state index is -0.438. The maximum atomic E-state index is 12.3. The minimum absolute atomic E-state index is 0.187. The highest BCUT2D eigenvalue weighted by Gasteiger charge is 2.12. The van der Waals surface area contributed by atoms with Crippen molar-refractivity contribution in [3.05, 3.63) is 98.1 Å². The second-order valence-electron chi connectivity index (χ2n) is 6.72. The minimum Gasteiger partial charge on any atom is -0.486 e. The smallest absolute Gasteiger partial charge is 0.307 e. The van der Waals surface area contributed by atoms with Gasteiger partial charge in [-0.15, -0.1) is 0 Å². The topological polar surface area (TPSA) is 87.6 Å². The quantitative estimate of drug-likeness (QED) is 0.229. The van der Waals surface area contributed by atoms with Gasteiger partial charge in [0.15, 0.2) is 5.76 Å². The molecule has 1 heterocycles. The fourth-order valence-corrected chi connectivity index (χ4v) is 4.46. The molecule has 0 aliphatic rings. The van der Waals surface area contributed by atoms with Crippen molar-refractivity contribution in [1.82, 2.24) is 5.43 Å². The summed E-state index contributed by atoms with van der Waals surface area (Å²) in [6.07, 6.45) is 1.52. The van der Waals surface area contributed by atoms with Crippen molar-refractivity contribution in [3.63, 3.8) is 0 Å². The first-order valence-electron chi connectivity index (χ1n) is 9.47. The Hall–Kier alpha value is -3.41. The number of hydrogen-bond donors (Lipinski definition) is 1. The average molecular weight is 553 g/mol. The van der Waals surface area contributed by atoms with Crippen LogP contribution < -0.4 is 10.2 Å². The molecule has 0 saturated carbocycles. The van der Waals surface area contributed by atoms with Crippen LogP contribution in [0.5, 0.6) is 5.75 Å². The maximum absolute atomic E-state index is 12.3. The number of nitrogens with zero attached hydrogens (tertiary/aromatic N) is 2. The standard InChI is InChI=1S/C24H15Br2N3O3/c25-19-9-15(10-20(26)23(19)31-14-18-7-2-1-6-17(18)12-27)13-28-29-24(30)22-11-16-5-3-4-8-21(16)32-22/h1-11,13H,14H2,(H,29,30)/b28-13+. The molecule has 8 heteroatoms. The van der Waals surface area contributed by atoms with Crippen LogP contribution in [0.25, 0.3) is 11.0 Å². The second kappa shape index (κ2) is 9.81. The maximum Gasteiger partial charge on any atom is 0.307 e. The van der Waals surface area contributed by atoms with Gasteiger partial charge in [-0.2, -0.15) is 10.4 Å². The van der Waals surface area contributed by atoms with E-state index >= 15 is 0 Å². The van der Waals surface area contributed by atoms with Gasteiger partial charge in [0.2, 0.25) is 0 Å². The third-order valence-corrected chi connectivity index (χ3v) is 5.74. The molecular formula is C24H15Br2N3O3. The van der Waals surface area contributed by atoms with Gasteiger partial charge < -0.3 is 9.15 Å². The number of carbonyl (C=O) groups is 1. The number of fused-ring (bicyclic) bond motifs is 1. The molecule has 0 aliphatic carbocycles. The molecule has 0 aliphatic heterocycles. The van der Waals surface area contributed by atoms with Crippen LogP contribution in [0.15, 0.2) is 85.2 Å². The molecule has 0 unspecified atom stereocenters. The largest absolute Gasteiger partial charge is 0.486 e. The summed E-state index contributed by atoms with van der Waals surface area (Å²) in [4.78, 5) is 12.3. The molecule has 1 N–H and O–H groups in total. The lowest BCUT2D eigenvalue weighted by atomic mass is 10.1. The van der Waals surface area contributed by atoms with Crippen LogP contribution in [0.2, 0.25) is 0 Å². The number of furan rings is 1. The third-order valence-electron chi connectivity index (χ3n) is 4.56. The lowest BCUT2D eigenvalue weighted by Gasteiger charge is -2.12. The van der Waals surface area contributed by atoms with Crippen molar-refractivity contribution in [3.8, 4) is 11.8 Å². The molecule has 0 bridgehead atoms. The number of nitrogens with one attached hydrogen (secondary N) is 1. The normalized spacial score (nSPS) is 10.9. The van der Waals surface area contributed by atoms with Gasteiger partial charge in [0.1, 0.15) is 17.9 Å². The number of ether oxygens (including phenoxy) is 1. The second-order valence-corrected chi connectivity index (χ2v) is 8.43. The van der Waals surface area contributed by atoms with E-state index in [4.69, 9.17) is 9.15 Å². The van der Waals surface area contributed by atoms with Gasteiger partial charge in [-0.25, -0.2) is 5.43 Å². The number of hydrogen-bond acceptors (Lipinski definition) is 5. The predicted octanol–water partition coefficient (Wildman–Crippen LogP) is 6.17. The van der Waals surface area contributed by atoms with E-state index in [-0.39, 0.29) is 12.4 Å². The number of para-hydroxylation sites is 1. The highest BCUT2D eigenvalue weighted by atomic mass is 79.9. The van der Waals surface area contributed by atoms with E-state index < -0.39 is 5.91 Å². The van der Waals surface area contributed by atoms with Gasteiger partial charge >= 0.3 is 5.91 Å². The molecular weight excluding hydrogens is 538 g/mol. The zero-order chi connectivity index (χ0) is 22.5. The molecule has 1 aromatic heterocycles. The number of amides is 1. The van der Waals surface area contributed by atoms with E-state index in [0.717, 1.165) is 16.5 Å². The van der Waals surface area contributed by atoms with Gasteiger partial charge in [-0.1, -0.05) is 36.4 Å². The number of nitriles is 1. The van der Waals surface area contributed by atoms with Crippen molar-refractivity contribution in [2.24, 2.45) is 5.10 Å². The van der Waals surface area contributed by atoms with Gasteiger partial charge in [0.25, 0.3) is 0 Å². The SMILES string of the molecule is N#Cc1ccccc1COc1c(Br)cc(/C=N/NC(=O)c2cc3ccccc3o2)cc1Br. The molecule has 4 aromatic rings. The number of hydrazone groups is 1. The van der Waals surface area contributed by atoms with Crippen LogP contribution in [0.3, 0.4) is 0 Å². The molecule has 0 atom stereocenters. The van der Waals surface area contributed by atoms with E-state index in [1.165, 1.54) is 6.21 Å². The Bertz CT molecular complexity index is 1320. The summed E-state index contributed by atoms with van der Waals surface area (Å²) in [5.74, 6) is 0.347. The fraction of sp³-hybridized carbons (Fsp3) is 0.0417. The van der Waals surface area contributed by atoms with Crippen LogP contribution >= 0.6 is 31.9 Å². The Kier molecular flexibility index (Phi) is 6.69. The van der Waals surface area contributed by atoms with E-state index in [1.807, 2.05) is 48.5 Å². The third kappa shape index (κ3) is 4.90. The average Bonchev–Trinajstić information content (AvgIpc) is 3.23. The van der Waals surface area contributed by atoms with Crippen LogP contribution in [0.4, 0.5) is 0 Å². The van der Waals surface area contributed by atoms with Crippen LogP contribution in [0, 0.1) is 11.3 Å². The van der Waals surface area contributed by atoms with E-state index in [0.29, 0.717) is 25.8 Å². The van der Waals surface area contributed by atoms with Gasteiger partial charge in [0.05, 0.1) is 26.8 Å². The number of carbonyl (C=O) groups excluding carboxylic acids is 1. The van der Waals surface area contributed by atoms with E-state index in [2.05, 4.69) is 48.5 Å². The first kappa shape index (κ1) is 21.8. The van der Waals surface area contributed by atoms with Crippen molar-refractivity contribution in [2.45, 2.75) is 6.61 Å². The molecule has 0 radical (unpaired) electrons. The van der Waals surface area contributed by atoms with Crippen molar-refractivity contribution in [1.29, 1.82) is 5.26 Å². The van der Waals surface area contributed by atoms with Gasteiger partial charge in [0, 0.05) is 10.9 Å². The lowest BCUT2D eigenvalue weighted by Crippen LogP contribution is -2.16. The zero-order valence-corrected chi connectivity index (χ0v) is 19.7. The lowest BCUT2D eigenvalue weighted by molar-refractivity contribution is 0.0929. The number of benzene rings is 3. The molecule has 0 spiro atoms. The molecule has 0 saturated heterocycles. The first-order valence-corrected chi connectivity index (χ1v) is 11.1. The van der Waals surface area contributed by atoms with Gasteiger partial charge in [-0.3, -0.25) is 4.79 Å². The van der Waals surface area contributed by atoms with Crippen LogP contribution in [-0.2, 0) is 6.61 Å². The summed E-state index contributed by atoms with van der Waals surface area (Å²) in [5, 5.41) is 14.1. The summed E-state index contributed by atoms with van der Waals surface area (Å²) in [7, 11) is 0. The van der Waals surface area contributed by atoms with Gasteiger partial charge in [-0.05, 0) is 67.8 Å². The molecule has 32 heavy (non-hydrogen) atoms. The highest BCUT2D eigenvalue weighted by molar-refractivity contribution is 9.11.